The molecule has 2 fully saturated rings. The molecule has 0 unspecified atom stereocenters. The molecule has 2 N–H and O–H groups in total. The van der Waals surface area contributed by atoms with Gasteiger partial charge in [-0.2, -0.15) is 0 Å². The summed E-state index contributed by atoms with van der Waals surface area (Å²) in [6.07, 6.45) is 8.28. The number of benzene rings is 1. The number of anilines is 1. The number of carbonyl (C=O) groups excluding carboxylic acids is 2. The van der Waals surface area contributed by atoms with Crippen LogP contribution in [0.1, 0.15) is 56.9 Å². The van der Waals surface area contributed by atoms with Crippen molar-refractivity contribution in [2.45, 2.75) is 64.3 Å². The molecule has 1 aliphatic heterocycles. The number of carbonyl (C=O) groups is 2. The molecule has 5 nitrogen and oxygen atoms in total. The first-order chi connectivity index (χ1) is 12.6. The highest BCUT2D eigenvalue weighted by atomic mass is 16.2. The summed E-state index contributed by atoms with van der Waals surface area (Å²) in [6, 6.07) is 8.22. The number of hydrogen-bond donors (Lipinski definition) is 2. The molecular formula is C21H31N3O2. The Balaban J connectivity index is 1.42. The molecule has 1 aromatic carbocycles. The van der Waals surface area contributed by atoms with E-state index in [9.17, 15) is 9.59 Å². The average molecular weight is 357 g/mol. The summed E-state index contributed by atoms with van der Waals surface area (Å²) in [5.41, 5.74) is 2.01. The number of nitrogens with one attached hydrogen (secondary N) is 2. The standard InChI is InChI=1S/C21H31N3O2/c1-16-8-11-19(12-9-16)23-21(26)24-14-4-5-17(15-24)10-13-20(25)22-18-6-2-3-7-18/h8-9,11-12,17-18H,2-7,10,13-15H2,1H3,(H,22,25)(H,23,26)/t17-/m1/s1. The third kappa shape index (κ3) is 5.48. The lowest BCUT2D eigenvalue weighted by atomic mass is 9.93. The predicted molar refractivity (Wildman–Crippen MR) is 104 cm³/mol. The van der Waals surface area contributed by atoms with Crippen molar-refractivity contribution in [3.63, 3.8) is 0 Å². The molecule has 1 aromatic rings. The number of amides is 3. The first-order valence-corrected chi connectivity index (χ1v) is 10.0. The summed E-state index contributed by atoms with van der Waals surface area (Å²) < 4.78 is 0. The minimum atomic E-state index is -0.0334. The molecule has 1 saturated carbocycles. The van der Waals surface area contributed by atoms with Crippen molar-refractivity contribution in [2.75, 3.05) is 18.4 Å². The monoisotopic (exact) mass is 357 g/mol. The molecule has 142 valence electrons. The van der Waals surface area contributed by atoms with E-state index in [0.717, 1.165) is 50.9 Å². The Hall–Kier alpha value is -2.04. The second-order valence-electron chi connectivity index (χ2n) is 7.84. The number of hydrogen-bond acceptors (Lipinski definition) is 2. The van der Waals surface area contributed by atoms with Crippen LogP contribution in [0.2, 0.25) is 0 Å². The van der Waals surface area contributed by atoms with Crippen molar-refractivity contribution in [2.24, 2.45) is 5.92 Å². The Kier molecular flexibility index (Phi) is 6.53. The maximum Gasteiger partial charge on any atom is 0.321 e. The van der Waals surface area contributed by atoms with Gasteiger partial charge in [0.15, 0.2) is 0 Å². The fourth-order valence-electron chi connectivity index (χ4n) is 4.03. The largest absolute Gasteiger partial charge is 0.353 e. The maximum atomic E-state index is 12.5. The molecular weight excluding hydrogens is 326 g/mol. The highest BCUT2D eigenvalue weighted by molar-refractivity contribution is 5.89. The van der Waals surface area contributed by atoms with Gasteiger partial charge in [0, 0.05) is 31.2 Å². The van der Waals surface area contributed by atoms with Gasteiger partial charge >= 0.3 is 6.03 Å². The number of aryl methyl sites for hydroxylation is 1. The van der Waals surface area contributed by atoms with Gasteiger partial charge in [-0.3, -0.25) is 4.79 Å². The minimum Gasteiger partial charge on any atom is -0.353 e. The van der Waals surface area contributed by atoms with E-state index in [1.54, 1.807) is 0 Å². The topological polar surface area (TPSA) is 61.4 Å². The lowest BCUT2D eigenvalue weighted by Crippen LogP contribution is -2.42. The van der Waals surface area contributed by atoms with Crippen molar-refractivity contribution in [3.05, 3.63) is 29.8 Å². The molecule has 5 heteroatoms. The van der Waals surface area contributed by atoms with Crippen molar-refractivity contribution in [1.29, 1.82) is 0 Å². The van der Waals surface area contributed by atoms with Gasteiger partial charge in [-0.1, -0.05) is 30.5 Å². The second-order valence-corrected chi connectivity index (χ2v) is 7.84. The molecule has 2 aliphatic rings. The van der Waals surface area contributed by atoms with Gasteiger partial charge in [0.25, 0.3) is 0 Å². The molecule has 1 aliphatic carbocycles. The van der Waals surface area contributed by atoms with E-state index < -0.39 is 0 Å². The molecule has 1 atom stereocenters. The van der Waals surface area contributed by atoms with E-state index in [1.807, 2.05) is 36.1 Å². The normalized spacial score (nSPS) is 20.8. The number of rotatable bonds is 5. The van der Waals surface area contributed by atoms with Gasteiger partial charge in [0.2, 0.25) is 5.91 Å². The Morgan fingerprint density at radius 2 is 1.81 bits per heavy atom. The van der Waals surface area contributed by atoms with Gasteiger partial charge in [0.1, 0.15) is 0 Å². The summed E-state index contributed by atoms with van der Waals surface area (Å²) in [4.78, 5) is 26.5. The Labute approximate surface area is 156 Å². The van der Waals surface area contributed by atoms with Gasteiger partial charge in [-0.15, -0.1) is 0 Å². The number of nitrogens with zero attached hydrogens (tertiary/aromatic N) is 1. The molecule has 0 aromatic heterocycles. The molecule has 1 heterocycles. The third-order valence-corrected chi connectivity index (χ3v) is 5.61. The molecule has 26 heavy (non-hydrogen) atoms. The molecule has 0 radical (unpaired) electrons. The van der Waals surface area contributed by atoms with Crippen LogP contribution in [0.4, 0.5) is 10.5 Å². The zero-order chi connectivity index (χ0) is 18.4. The summed E-state index contributed by atoms with van der Waals surface area (Å²) in [7, 11) is 0. The van der Waals surface area contributed by atoms with E-state index in [-0.39, 0.29) is 11.9 Å². The highest BCUT2D eigenvalue weighted by Crippen LogP contribution is 2.23. The predicted octanol–water partition coefficient (Wildman–Crippen LogP) is 4.08. The van der Waals surface area contributed by atoms with Crippen LogP contribution >= 0.6 is 0 Å². The average Bonchev–Trinajstić information content (AvgIpc) is 3.15. The van der Waals surface area contributed by atoms with Crippen LogP contribution in [0.5, 0.6) is 0 Å². The number of likely N-dealkylation sites (tertiary alicyclic amines) is 1. The lowest BCUT2D eigenvalue weighted by molar-refractivity contribution is -0.122. The third-order valence-electron chi connectivity index (χ3n) is 5.61. The van der Waals surface area contributed by atoms with Crippen LogP contribution in [0.3, 0.4) is 0 Å². The van der Waals surface area contributed by atoms with Crippen LogP contribution in [0, 0.1) is 12.8 Å². The Bertz CT molecular complexity index is 608. The summed E-state index contributed by atoms with van der Waals surface area (Å²) in [5, 5.41) is 6.14. The molecule has 3 amide bonds. The highest BCUT2D eigenvalue weighted by Gasteiger charge is 2.25. The second kappa shape index (κ2) is 9.06. The molecule has 0 bridgehead atoms. The zero-order valence-electron chi connectivity index (χ0n) is 15.8. The van der Waals surface area contributed by atoms with Gasteiger partial charge in [0.05, 0.1) is 0 Å². The van der Waals surface area contributed by atoms with Crippen molar-refractivity contribution in [1.82, 2.24) is 10.2 Å². The zero-order valence-corrected chi connectivity index (χ0v) is 15.8. The fourth-order valence-corrected chi connectivity index (χ4v) is 4.03. The quantitative estimate of drug-likeness (QED) is 0.834. The van der Waals surface area contributed by atoms with Crippen LogP contribution in [0.25, 0.3) is 0 Å². The number of piperidine rings is 1. The molecule has 3 rings (SSSR count). The van der Waals surface area contributed by atoms with E-state index >= 15 is 0 Å². The smallest absolute Gasteiger partial charge is 0.321 e. The van der Waals surface area contributed by atoms with Crippen molar-refractivity contribution < 1.29 is 9.59 Å². The van der Waals surface area contributed by atoms with Crippen LogP contribution < -0.4 is 10.6 Å². The van der Waals surface area contributed by atoms with E-state index in [2.05, 4.69) is 10.6 Å². The van der Waals surface area contributed by atoms with Gasteiger partial charge in [-0.05, 0) is 57.1 Å². The van der Waals surface area contributed by atoms with Crippen LogP contribution in [-0.2, 0) is 4.79 Å². The first-order valence-electron chi connectivity index (χ1n) is 10.0. The van der Waals surface area contributed by atoms with Crippen molar-refractivity contribution >= 4 is 17.6 Å². The molecule has 0 spiro atoms. The number of urea groups is 1. The minimum absolute atomic E-state index is 0.0334. The fraction of sp³-hybridized carbons (Fsp3) is 0.619. The maximum absolute atomic E-state index is 12.5. The Morgan fingerprint density at radius 1 is 1.08 bits per heavy atom. The van der Waals surface area contributed by atoms with Crippen LogP contribution in [0.15, 0.2) is 24.3 Å². The first kappa shape index (κ1) is 18.7. The SMILES string of the molecule is Cc1ccc(NC(=O)N2CCC[C@H](CCC(=O)NC3CCCC3)C2)cc1. The van der Waals surface area contributed by atoms with Gasteiger partial charge < -0.3 is 15.5 Å². The summed E-state index contributed by atoms with van der Waals surface area (Å²) in [5.74, 6) is 0.597. The summed E-state index contributed by atoms with van der Waals surface area (Å²) in [6.45, 7) is 3.57. The van der Waals surface area contributed by atoms with E-state index in [1.165, 1.54) is 18.4 Å². The van der Waals surface area contributed by atoms with E-state index in [0.29, 0.717) is 18.4 Å². The van der Waals surface area contributed by atoms with Gasteiger partial charge in [-0.25, -0.2) is 4.79 Å². The summed E-state index contributed by atoms with van der Waals surface area (Å²) >= 11 is 0. The Morgan fingerprint density at radius 3 is 2.54 bits per heavy atom. The molecule has 1 saturated heterocycles. The lowest BCUT2D eigenvalue weighted by Gasteiger charge is -2.32. The van der Waals surface area contributed by atoms with E-state index in [4.69, 9.17) is 0 Å². The van der Waals surface area contributed by atoms with Crippen molar-refractivity contribution in [3.8, 4) is 0 Å². The van der Waals surface area contributed by atoms with Crippen LogP contribution in [-0.4, -0.2) is 36.0 Å².